The zero-order valence-corrected chi connectivity index (χ0v) is 26.5. The van der Waals surface area contributed by atoms with Gasteiger partial charge >= 0.3 is 6.01 Å². The van der Waals surface area contributed by atoms with Crippen molar-refractivity contribution in [1.29, 1.82) is 0 Å². The van der Waals surface area contributed by atoms with Crippen LogP contribution < -0.4 is 26.2 Å². The van der Waals surface area contributed by atoms with Crippen LogP contribution in [0.15, 0.2) is 16.9 Å². The monoisotopic (exact) mass is 668 g/mol. The summed E-state index contributed by atoms with van der Waals surface area (Å²) in [7, 11) is 0. The molecular weight excluding hydrogens is 633 g/mol. The van der Waals surface area contributed by atoms with Crippen LogP contribution in [0.1, 0.15) is 44.6 Å². The fourth-order valence-electron chi connectivity index (χ4n) is 8.42. The minimum absolute atomic E-state index is 0.00133. The van der Waals surface area contributed by atoms with Crippen molar-refractivity contribution in [2.75, 3.05) is 56.6 Å². The zero-order chi connectivity index (χ0) is 32.0. The van der Waals surface area contributed by atoms with Gasteiger partial charge in [0.2, 0.25) is 0 Å². The molecule has 0 amide bonds. The average Bonchev–Trinajstić information content (AvgIpc) is 3.69. The zero-order valence-electron chi connectivity index (χ0n) is 25.7. The lowest BCUT2D eigenvalue weighted by atomic mass is 9.91. The number of rotatable bonds is 6. The second-order valence-corrected chi connectivity index (χ2v) is 14.6. The number of pyridine rings is 1. The number of nitrogen functional groups attached to an aromatic ring is 1. The lowest BCUT2D eigenvalue weighted by Gasteiger charge is -2.47. The van der Waals surface area contributed by atoms with Crippen molar-refractivity contribution < 1.29 is 22.6 Å². The Bertz CT molecular complexity index is 1950. The number of benzene rings is 1. The van der Waals surface area contributed by atoms with Gasteiger partial charge in [0.25, 0.3) is 5.56 Å². The normalized spacial score (nSPS) is 27.9. The minimum Gasteiger partial charge on any atom is -0.461 e. The third-order valence-electron chi connectivity index (χ3n) is 10.8. The molecule has 9 rings (SSSR count). The maximum Gasteiger partial charge on any atom is 0.319 e. The highest BCUT2D eigenvalue weighted by Crippen LogP contribution is 2.43. The molecule has 4 saturated heterocycles. The molecule has 4 aliphatic heterocycles. The third kappa shape index (κ3) is 4.56. The molecule has 5 aliphatic rings. The van der Waals surface area contributed by atoms with Crippen molar-refractivity contribution in [2.24, 2.45) is 0 Å². The summed E-state index contributed by atoms with van der Waals surface area (Å²) < 4.78 is 60.7. The van der Waals surface area contributed by atoms with Gasteiger partial charge in [0.15, 0.2) is 10.9 Å². The first-order valence-electron chi connectivity index (χ1n) is 16.4. The number of nitrogens with one attached hydrogen (secondary N) is 1. The van der Waals surface area contributed by atoms with Crippen LogP contribution in [0.5, 0.6) is 6.01 Å². The average molecular weight is 669 g/mol. The summed E-state index contributed by atoms with van der Waals surface area (Å²) in [6.07, 6.45) is 3.43. The third-order valence-corrected chi connectivity index (χ3v) is 11.7. The molecule has 3 aromatic heterocycles. The SMILES string of the molecule is Nc1nc2c(-c3c(F)c4nc(OC[C@@]56CCCN5C[C@H](F)C6)nc(N5C6CNCC5COC6)c4c(=O)n3C3CCC3)ccc(F)c2s1. The number of alkyl halides is 1. The summed E-state index contributed by atoms with van der Waals surface area (Å²) >= 11 is 0.975. The van der Waals surface area contributed by atoms with Gasteiger partial charge in [-0.2, -0.15) is 9.97 Å². The molecule has 5 fully saturated rings. The molecule has 2 unspecified atom stereocenters. The maximum atomic E-state index is 17.4. The van der Waals surface area contributed by atoms with Crippen LogP contribution in [-0.4, -0.2) is 94.2 Å². The standard InChI is InChI=1S/C32H35F3N8O3S/c33-16-9-32(7-2-8-41(32)12-16)15-46-31-39-25-22(28(40-31)42-18-10-37-11-19(42)14-45-13-18)29(44)43(17-3-1-4-17)26(23(25)35)20-5-6-21(34)27-24(20)38-30(36)47-27/h5-6,16-19,37H,1-4,7-15H2,(H2,36,38)/t16-,18?,19?,32+/m1/s1. The van der Waals surface area contributed by atoms with Gasteiger partial charge < -0.3 is 30.0 Å². The molecule has 47 heavy (non-hydrogen) atoms. The first-order chi connectivity index (χ1) is 22.8. The summed E-state index contributed by atoms with van der Waals surface area (Å²) in [6, 6.07) is 2.09. The quantitative estimate of drug-likeness (QED) is 0.314. The molecule has 0 spiro atoms. The first-order valence-corrected chi connectivity index (χ1v) is 17.2. The summed E-state index contributed by atoms with van der Waals surface area (Å²) in [5.41, 5.74) is 5.39. The highest BCUT2D eigenvalue weighted by atomic mass is 32.1. The van der Waals surface area contributed by atoms with Crippen molar-refractivity contribution in [1.82, 2.24) is 29.7 Å². The van der Waals surface area contributed by atoms with Gasteiger partial charge in [0.05, 0.1) is 46.7 Å². The van der Waals surface area contributed by atoms with E-state index in [2.05, 4.69) is 25.1 Å². The number of aromatic nitrogens is 4. The molecule has 1 saturated carbocycles. The van der Waals surface area contributed by atoms with Gasteiger partial charge in [-0.25, -0.2) is 18.2 Å². The fraction of sp³-hybridized carbons (Fsp3) is 0.562. The van der Waals surface area contributed by atoms with Crippen LogP contribution in [0, 0.1) is 11.6 Å². The predicted molar refractivity (Wildman–Crippen MR) is 172 cm³/mol. The molecule has 248 valence electrons. The second-order valence-electron chi connectivity index (χ2n) is 13.6. The van der Waals surface area contributed by atoms with Gasteiger partial charge in [0.1, 0.15) is 35.3 Å². The number of nitrogens with two attached hydrogens (primary N) is 1. The number of piperazine rings is 1. The van der Waals surface area contributed by atoms with E-state index in [1.807, 2.05) is 0 Å². The molecule has 4 aromatic rings. The maximum absolute atomic E-state index is 17.4. The highest BCUT2D eigenvalue weighted by molar-refractivity contribution is 7.22. The van der Waals surface area contributed by atoms with E-state index < -0.39 is 28.9 Å². The Balaban J connectivity index is 1.27. The Labute approximate surface area is 271 Å². The Morgan fingerprint density at radius 1 is 1.09 bits per heavy atom. The molecule has 2 bridgehead atoms. The van der Waals surface area contributed by atoms with E-state index in [0.29, 0.717) is 57.9 Å². The highest BCUT2D eigenvalue weighted by Gasteiger charge is 2.49. The lowest BCUT2D eigenvalue weighted by Crippen LogP contribution is -2.64. The summed E-state index contributed by atoms with van der Waals surface area (Å²) in [5.74, 6) is -0.945. The topological polar surface area (TPSA) is 124 Å². The van der Waals surface area contributed by atoms with E-state index >= 15 is 4.39 Å². The number of fused-ring (bicyclic) bond motifs is 5. The smallest absolute Gasteiger partial charge is 0.319 e. The van der Waals surface area contributed by atoms with Crippen molar-refractivity contribution >= 4 is 43.4 Å². The molecule has 7 heterocycles. The number of morpholine rings is 1. The van der Waals surface area contributed by atoms with Gasteiger partial charge in [-0.05, 0) is 50.8 Å². The Hall–Kier alpha value is -3.53. The number of hydrogen-bond donors (Lipinski definition) is 2. The number of hydrogen-bond acceptors (Lipinski definition) is 11. The van der Waals surface area contributed by atoms with Crippen LogP contribution >= 0.6 is 11.3 Å². The summed E-state index contributed by atoms with van der Waals surface area (Å²) in [5, 5.41) is 3.64. The number of anilines is 2. The minimum atomic E-state index is -0.940. The summed E-state index contributed by atoms with van der Waals surface area (Å²) in [4.78, 5) is 32.8. The van der Waals surface area contributed by atoms with Crippen LogP contribution in [0.4, 0.5) is 24.1 Å². The van der Waals surface area contributed by atoms with Gasteiger partial charge in [-0.15, -0.1) is 0 Å². The van der Waals surface area contributed by atoms with E-state index in [4.69, 9.17) is 20.2 Å². The number of thiazole rings is 1. The van der Waals surface area contributed by atoms with Crippen molar-refractivity contribution in [3.63, 3.8) is 0 Å². The molecule has 4 atom stereocenters. The van der Waals surface area contributed by atoms with E-state index in [0.717, 1.165) is 37.1 Å². The van der Waals surface area contributed by atoms with Gasteiger partial charge in [0, 0.05) is 37.7 Å². The number of ether oxygens (including phenoxy) is 2. The van der Waals surface area contributed by atoms with Crippen LogP contribution in [0.3, 0.4) is 0 Å². The largest absolute Gasteiger partial charge is 0.461 e. The predicted octanol–water partition coefficient (Wildman–Crippen LogP) is 3.79. The Morgan fingerprint density at radius 3 is 2.66 bits per heavy atom. The molecule has 1 aliphatic carbocycles. The lowest BCUT2D eigenvalue weighted by molar-refractivity contribution is 0.0522. The van der Waals surface area contributed by atoms with Gasteiger partial charge in [-0.1, -0.05) is 11.3 Å². The van der Waals surface area contributed by atoms with E-state index in [-0.39, 0.29) is 68.3 Å². The van der Waals surface area contributed by atoms with Crippen LogP contribution in [0.2, 0.25) is 0 Å². The molecule has 0 radical (unpaired) electrons. The van der Waals surface area contributed by atoms with Crippen molar-refractivity contribution in [3.8, 4) is 17.3 Å². The first kappa shape index (κ1) is 29.6. The number of nitrogens with zero attached hydrogens (tertiary/aromatic N) is 6. The molecular formula is C32H35F3N8O3S. The second kappa shape index (κ2) is 11.0. The number of halogens is 3. The van der Waals surface area contributed by atoms with Crippen molar-refractivity contribution in [2.45, 2.75) is 68.4 Å². The Kier molecular flexibility index (Phi) is 6.93. The molecule has 15 heteroatoms. The van der Waals surface area contributed by atoms with Gasteiger partial charge in [-0.3, -0.25) is 9.69 Å². The van der Waals surface area contributed by atoms with Crippen LogP contribution in [0.25, 0.3) is 32.4 Å². The fourth-order valence-corrected chi connectivity index (χ4v) is 9.19. The molecule has 1 aromatic carbocycles. The van der Waals surface area contributed by atoms with E-state index in [9.17, 15) is 13.6 Å². The Morgan fingerprint density at radius 2 is 1.89 bits per heavy atom. The molecule has 11 nitrogen and oxygen atoms in total. The molecule has 3 N–H and O–H groups in total. The van der Waals surface area contributed by atoms with Crippen molar-refractivity contribution in [3.05, 3.63) is 34.1 Å². The van der Waals surface area contributed by atoms with E-state index in [1.165, 1.54) is 16.7 Å². The van der Waals surface area contributed by atoms with E-state index in [1.54, 1.807) is 0 Å². The van der Waals surface area contributed by atoms with Crippen LogP contribution in [-0.2, 0) is 4.74 Å². The summed E-state index contributed by atoms with van der Waals surface area (Å²) in [6.45, 7) is 3.34.